The lowest BCUT2D eigenvalue weighted by molar-refractivity contribution is 0.0735. The molecule has 1 aromatic heterocycles. The monoisotopic (exact) mass is 297 g/mol. The van der Waals surface area contributed by atoms with E-state index in [1.807, 2.05) is 0 Å². The first kappa shape index (κ1) is 13.5. The number of rotatable bonds is 3. The maximum absolute atomic E-state index is 12.1. The Hall–Kier alpha value is -2.53. The van der Waals surface area contributed by atoms with Crippen molar-refractivity contribution in [3.63, 3.8) is 0 Å². The predicted molar refractivity (Wildman–Crippen MR) is 81.0 cm³/mol. The number of nitrogens with zero attached hydrogens (tertiary/aromatic N) is 1. The third-order valence-corrected chi connectivity index (χ3v) is 3.83. The number of ketones is 1. The average molecular weight is 297 g/mol. The van der Waals surface area contributed by atoms with Crippen LogP contribution in [0.2, 0.25) is 0 Å². The first-order valence-corrected chi connectivity index (χ1v) is 7.18. The summed E-state index contributed by atoms with van der Waals surface area (Å²) >= 11 is 1.47. The highest BCUT2D eigenvalue weighted by atomic mass is 32.1. The fourth-order valence-corrected chi connectivity index (χ4v) is 2.62. The minimum Gasteiger partial charge on any atom is -0.423 e. The van der Waals surface area contributed by atoms with Gasteiger partial charge in [0.15, 0.2) is 5.78 Å². The molecule has 4 nitrogen and oxygen atoms in total. The van der Waals surface area contributed by atoms with E-state index in [1.54, 1.807) is 48.0 Å². The van der Waals surface area contributed by atoms with Crippen LogP contribution in [0.5, 0.6) is 5.75 Å². The molecule has 0 aliphatic rings. The minimum absolute atomic E-state index is 0.0245. The Morgan fingerprint density at radius 1 is 1.05 bits per heavy atom. The second-order valence-corrected chi connectivity index (χ2v) is 5.39. The molecule has 0 bridgehead atoms. The van der Waals surface area contributed by atoms with Gasteiger partial charge >= 0.3 is 5.97 Å². The Morgan fingerprint density at radius 3 is 2.48 bits per heavy atom. The van der Waals surface area contributed by atoms with Crippen molar-refractivity contribution in [2.45, 2.75) is 6.92 Å². The number of Topliss-reactive ketones (excluding diaryl/α,β-unsaturated/α-hetero) is 1. The summed E-state index contributed by atoms with van der Waals surface area (Å²) in [7, 11) is 0. The molecule has 104 valence electrons. The maximum atomic E-state index is 12.1. The van der Waals surface area contributed by atoms with E-state index in [9.17, 15) is 9.59 Å². The first-order chi connectivity index (χ1) is 10.1. The minimum atomic E-state index is -0.430. The molecule has 0 N–H and O–H groups in total. The van der Waals surface area contributed by atoms with Gasteiger partial charge in [0.05, 0.1) is 21.3 Å². The number of fused-ring (bicyclic) bond motifs is 1. The number of ether oxygens (including phenoxy) is 1. The zero-order chi connectivity index (χ0) is 14.8. The van der Waals surface area contributed by atoms with E-state index in [4.69, 9.17) is 4.74 Å². The number of esters is 1. The van der Waals surface area contributed by atoms with Gasteiger partial charge in [-0.2, -0.15) is 0 Å². The fourth-order valence-electron chi connectivity index (χ4n) is 1.91. The predicted octanol–water partition coefficient (Wildman–Crippen LogP) is 3.72. The van der Waals surface area contributed by atoms with Crippen LogP contribution in [0.1, 0.15) is 27.6 Å². The lowest BCUT2D eigenvalue weighted by atomic mass is 10.1. The number of aromatic nitrogens is 1. The van der Waals surface area contributed by atoms with Crippen LogP contribution < -0.4 is 4.74 Å². The highest BCUT2D eigenvalue weighted by molar-refractivity contribution is 7.16. The number of thiazole rings is 1. The molecular formula is C16H11NO3S. The summed E-state index contributed by atoms with van der Waals surface area (Å²) in [6, 6.07) is 11.7. The van der Waals surface area contributed by atoms with Crippen molar-refractivity contribution in [3.8, 4) is 5.75 Å². The summed E-state index contributed by atoms with van der Waals surface area (Å²) in [5.74, 6) is -0.0428. The van der Waals surface area contributed by atoms with Gasteiger partial charge in [-0.1, -0.05) is 0 Å². The highest BCUT2D eigenvalue weighted by Gasteiger charge is 2.10. The zero-order valence-electron chi connectivity index (χ0n) is 11.2. The van der Waals surface area contributed by atoms with Crippen molar-refractivity contribution >= 4 is 33.3 Å². The molecule has 2 aromatic carbocycles. The quantitative estimate of drug-likeness (QED) is 0.420. The van der Waals surface area contributed by atoms with Gasteiger partial charge in [-0.05, 0) is 49.4 Å². The molecule has 0 unspecified atom stereocenters. The number of hydrogen-bond donors (Lipinski definition) is 0. The Labute approximate surface area is 125 Å². The number of benzene rings is 2. The van der Waals surface area contributed by atoms with Crippen LogP contribution in [0.4, 0.5) is 0 Å². The van der Waals surface area contributed by atoms with Crippen molar-refractivity contribution in [2.24, 2.45) is 0 Å². The van der Waals surface area contributed by atoms with Gasteiger partial charge in [0.2, 0.25) is 0 Å². The summed E-state index contributed by atoms with van der Waals surface area (Å²) < 4.78 is 6.24. The molecule has 3 aromatic rings. The molecule has 1 heterocycles. The van der Waals surface area contributed by atoms with E-state index in [-0.39, 0.29) is 5.78 Å². The normalized spacial score (nSPS) is 10.5. The van der Waals surface area contributed by atoms with Crippen LogP contribution in [0.25, 0.3) is 10.2 Å². The van der Waals surface area contributed by atoms with Crippen LogP contribution in [0.3, 0.4) is 0 Å². The molecule has 0 amide bonds. The Bertz CT molecular complexity index is 821. The third-order valence-electron chi connectivity index (χ3n) is 3.04. The van der Waals surface area contributed by atoms with Gasteiger partial charge in [-0.15, -0.1) is 11.3 Å². The van der Waals surface area contributed by atoms with Gasteiger partial charge in [0.1, 0.15) is 5.75 Å². The summed E-state index contributed by atoms with van der Waals surface area (Å²) in [5.41, 5.74) is 3.66. The van der Waals surface area contributed by atoms with Gasteiger partial charge in [-0.3, -0.25) is 4.79 Å². The first-order valence-electron chi connectivity index (χ1n) is 6.30. The summed E-state index contributed by atoms with van der Waals surface area (Å²) in [6.45, 7) is 1.49. The number of hydrogen-bond acceptors (Lipinski definition) is 5. The Kier molecular flexibility index (Phi) is 3.50. The van der Waals surface area contributed by atoms with E-state index in [0.29, 0.717) is 16.9 Å². The smallest absolute Gasteiger partial charge is 0.343 e. The van der Waals surface area contributed by atoms with Crippen molar-refractivity contribution < 1.29 is 14.3 Å². The van der Waals surface area contributed by atoms with Crippen molar-refractivity contribution in [1.29, 1.82) is 0 Å². The molecule has 0 fully saturated rings. The van der Waals surface area contributed by atoms with E-state index in [0.717, 1.165) is 10.2 Å². The summed E-state index contributed by atoms with van der Waals surface area (Å²) in [4.78, 5) is 27.4. The van der Waals surface area contributed by atoms with E-state index >= 15 is 0 Å². The van der Waals surface area contributed by atoms with Crippen molar-refractivity contribution in [2.75, 3.05) is 0 Å². The van der Waals surface area contributed by atoms with Gasteiger partial charge < -0.3 is 4.74 Å². The molecule has 5 heteroatoms. The Balaban J connectivity index is 1.80. The largest absolute Gasteiger partial charge is 0.423 e. The lowest BCUT2D eigenvalue weighted by Gasteiger charge is -2.05. The summed E-state index contributed by atoms with van der Waals surface area (Å²) in [5, 5.41) is 0. The van der Waals surface area contributed by atoms with Gasteiger partial charge in [-0.25, -0.2) is 9.78 Å². The van der Waals surface area contributed by atoms with Crippen LogP contribution in [0.15, 0.2) is 48.0 Å². The molecular weight excluding hydrogens is 286 g/mol. The zero-order valence-corrected chi connectivity index (χ0v) is 12.0. The molecule has 0 saturated heterocycles. The van der Waals surface area contributed by atoms with E-state index in [1.165, 1.54) is 18.3 Å². The Morgan fingerprint density at radius 2 is 1.76 bits per heavy atom. The molecule has 3 rings (SSSR count). The van der Waals surface area contributed by atoms with Crippen LogP contribution in [-0.4, -0.2) is 16.7 Å². The maximum Gasteiger partial charge on any atom is 0.343 e. The van der Waals surface area contributed by atoms with Crippen molar-refractivity contribution in [1.82, 2.24) is 4.98 Å². The summed E-state index contributed by atoms with van der Waals surface area (Å²) in [6.07, 6.45) is 0. The molecule has 0 spiro atoms. The molecule has 0 aliphatic heterocycles. The highest BCUT2D eigenvalue weighted by Crippen LogP contribution is 2.20. The third kappa shape index (κ3) is 2.83. The van der Waals surface area contributed by atoms with Gasteiger partial charge in [0.25, 0.3) is 0 Å². The molecule has 0 aliphatic carbocycles. The second kappa shape index (κ2) is 5.46. The number of carbonyl (C=O) groups excluding carboxylic acids is 2. The fraction of sp³-hybridized carbons (Fsp3) is 0.0625. The SMILES string of the molecule is CC(=O)c1ccc(OC(=O)c2ccc3ncsc3c2)cc1. The lowest BCUT2D eigenvalue weighted by Crippen LogP contribution is -2.08. The molecule has 0 saturated carbocycles. The second-order valence-electron chi connectivity index (χ2n) is 4.50. The number of carbonyl (C=O) groups is 2. The standard InChI is InChI=1S/C16H11NO3S/c1-10(18)11-2-5-13(6-3-11)20-16(19)12-4-7-14-15(8-12)21-9-17-14/h2-9H,1H3. The molecule has 0 atom stereocenters. The van der Waals surface area contributed by atoms with Crippen molar-refractivity contribution in [3.05, 3.63) is 59.1 Å². The van der Waals surface area contributed by atoms with Gasteiger partial charge in [0, 0.05) is 5.56 Å². The van der Waals surface area contributed by atoms with Crippen LogP contribution >= 0.6 is 11.3 Å². The molecule has 21 heavy (non-hydrogen) atoms. The van der Waals surface area contributed by atoms with E-state index < -0.39 is 5.97 Å². The average Bonchev–Trinajstić information content (AvgIpc) is 2.95. The van der Waals surface area contributed by atoms with Crippen LogP contribution in [0, 0.1) is 0 Å². The topological polar surface area (TPSA) is 56.3 Å². The molecule has 0 radical (unpaired) electrons. The van der Waals surface area contributed by atoms with E-state index in [2.05, 4.69) is 4.98 Å². The van der Waals surface area contributed by atoms with Crippen LogP contribution in [-0.2, 0) is 0 Å².